The minimum atomic E-state index is -0.240. The normalized spacial score (nSPS) is 11.5. The van der Waals surface area contributed by atoms with Crippen molar-refractivity contribution < 1.29 is 18.7 Å². The maximum Gasteiger partial charge on any atom is 0.248 e. The Hall–Kier alpha value is -3.99. The van der Waals surface area contributed by atoms with Gasteiger partial charge in [0, 0.05) is 28.7 Å². The van der Waals surface area contributed by atoms with Crippen LogP contribution in [0, 0.1) is 20.8 Å². The molecule has 5 heteroatoms. The predicted molar refractivity (Wildman–Crippen MR) is 142 cm³/mol. The predicted octanol–water partition coefficient (Wildman–Crippen LogP) is 7.47. The highest BCUT2D eigenvalue weighted by molar-refractivity contribution is 6.06. The van der Waals surface area contributed by atoms with Gasteiger partial charge in [0.2, 0.25) is 5.91 Å². The number of furan rings is 1. The molecule has 35 heavy (non-hydrogen) atoms. The van der Waals surface area contributed by atoms with Gasteiger partial charge in [-0.2, -0.15) is 0 Å². The topological polar surface area (TPSA) is 60.7 Å². The first kappa shape index (κ1) is 24.1. The first-order valence-corrected chi connectivity index (χ1v) is 11.7. The number of anilines is 1. The highest BCUT2D eigenvalue weighted by atomic mass is 16.5. The second-order valence-electron chi connectivity index (χ2n) is 8.77. The molecule has 0 aliphatic rings. The van der Waals surface area contributed by atoms with Crippen LogP contribution in [0.25, 0.3) is 27.7 Å². The van der Waals surface area contributed by atoms with Crippen molar-refractivity contribution in [3.63, 3.8) is 0 Å². The van der Waals surface area contributed by atoms with Gasteiger partial charge in [-0.15, -0.1) is 0 Å². The van der Waals surface area contributed by atoms with Crippen LogP contribution in [0.3, 0.4) is 0 Å². The SMILES string of the molecule is CCOc1cc2occ(-c3ccc(C)cc3C)c2cc1/C(C)=C/C(=O)Nc1cc(C)ccc1OC. The Balaban J connectivity index is 1.75. The molecule has 4 aromatic rings. The standard InChI is InChI=1S/C30H31NO4/c1-7-34-28-16-29-24(25(17-35-29)22-10-8-18(2)12-20(22)4)15-23(28)21(5)14-30(32)31-26-13-19(3)9-11-27(26)33-6/h8-17H,7H2,1-6H3,(H,31,32)/b21-14+. The first-order chi connectivity index (χ1) is 16.8. The molecule has 1 heterocycles. The summed E-state index contributed by atoms with van der Waals surface area (Å²) in [7, 11) is 1.59. The van der Waals surface area contributed by atoms with Gasteiger partial charge in [0.05, 0.1) is 25.7 Å². The monoisotopic (exact) mass is 469 g/mol. The van der Waals surface area contributed by atoms with Crippen LogP contribution < -0.4 is 14.8 Å². The molecule has 0 spiro atoms. The Kier molecular flexibility index (Phi) is 6.97. The van der Waals surface area contributed by atoms with E-state index < -0.39 is 0 Å². The van der Waals surface area contributed by atoms with Crippen LogP contribution in [0.4, 0.5) is 5.69 Å². The van der Waals surface area contributed by atoms with Crippen LogP contribution in [0.5, 0.6) is 11.5 Å². The largest absolute Gasteiger partial charge is 0.495 e. The maximum absolute atomic E-state index is 12.9. The molecule has 0 aliphatic heterocycles. The summed E-state index contributed by atoms with van der Waals surface area (Å²) < 4.78 is 17.2. The number of allylic oxidation sites excluding steroid dienone is 1. The van der Waals surface area contributed by atoms with Crippen LogP contribution >= 0.6 is 0 Å². The fourth-order valence-corrected chi connectivity index (χ4v) is 4.33. The summed E-state index contributed by atoms with van der Waals surface area (Å²) in [6, 6.07) is 16.0. The van der Waals surface area contributed by atoms with E-state index >= 15 is 0 Å². The van der Waals surface area contributed by atoms with Gasteiger partial charge in [-0.1, -0.05) is 29.8 Å². The van der Waals surface area contributed by atoms with Crippen molar-refractivity contribution in [3.05, 3.63) is 83.1 Å². The van der Waals surface area contributed by atoms with Crippen LogP contribution in [0.2, 0.25) is 0 Å². The number of hydrogen-bond donors (Lipinski definition) is 1. The lowest BCUT2D eigenvalue weighted by Gasteiger charge is -2.13. The summed E-state index contributed by atoms with van der Waals surface area (Å²) in [5.41, 5.74) is 8.58. The molecule has 0 radical (unpaired) electrons. The molecule has 0 bridgehead atoms. The highest BCUT2D eigenvalue weighted by Gasteiger charge is 2.17. The second-order valence-corrected chi connectivity index (χ2v) is 8.77. The van der Waals surface area contributed by atoms with E-state index in [0.29, 0.717) is 23.8 Å². The number of benzene rings is 3. The third-order valence-corrected chi connectivity index (χ3v) is 6.03. The zero-order chi connectivity index (χ0) is 25.1. The van der Waals surface area contributed by atoms with Crippen molar-refractivity contribution in [2.45, 2.75) is 34.6 Å². The molecule has 0 saturated heterocycles. The van der Waals surface area contributed by atoms with E-state index in [9.17, 15) is 4.79 Å². The molecule has 4 rings (SSSR count). The number of ether oxygens (including phenoxy) is 2. The van der Waals surface area contributed by atoms with Gasteiger partial charge in [-0.3, -0.25) is 4.79 Å². The first-order valence-electron chi connectivity index (χ1n) is 11.7. The summed E-state index contributed by atoms with van der Waals surface area (Å²) in [6.45, 7) is 10.5. The molecule has 1 N–H and O–H groups in total. The van der Waals surface area contributed by atoms with Gasteiger partial charge in [0.1, 0.15) is 17.1 Å². The lowest BCUT2D eigenvalue weighted by molar-refractivity contribution is -0.111. The average molecular weight is 470 g/mol. The molecular weight excluding hydrogens is 438 g/mol. The molecule has 1 aromatic heterocycles. The molecule has 0 fully saturated rings. The fourth-order valence-electron chi connectivity index (χ4n) is 4.33. The number of carbonyl (C=O) groups excluding carboxylic acids is 1. The van der Waals surface area contributed by atoms with E-state index in [-0.39, 0.29) is 5.91 Å². The number of nitrogens with one attached hydrogen (secondary N) is 1. The average Bonchev–Trinajstić information content (AvgIpc) is 3.21. The van der Waals surface area contributed by atoms with E-state index in [2.05, 4.69) is 37.4 Å². The zero-order valence-corrected chi connectivity index (χ0v) is 21.1. The Bertz CT molecular complexity index is 1430. The summed E-state index contributed by atoms with van der Waals surface area (Å²) in [5, 5.41) is 3.91. The minimum absolute atomic E-state index is 0.240. The van der Waals surface area contributed by atoms with Crippen molar-refractivity contribution in [2.75, 3.05) is 19.0 Å². The van der Waals surface area contributed by atoms with E-state index in [1.54, 1.807) is 19.4 Å². The van der Waals surface area contributed by atoms with Crippen LogP contribution in [0.1, 0.15) is 36.1 Å². The van der Waals surface area contributed by atoms with Crippen molar-refractivity contribution in [1.29, 1.82) is 0 Å². The lowest BCUT2D eigenvalue weighted by atomic mass is 9.96. The number of methoxy groups -OCH3 is 1. The Labute approximate surface area is 206 Å². The molecule has 5 nitrogen and oxygen atoms in total. The van der Waals surface area contributed by atoms with Gasteiger partial charge in [-0.25, -0.2) is 0 Å². The summed E-state index contributed by atoms with van der Waals surface area (Å²) in [6.07, 6.45) is 3.37. The molecule has 0 aliphatic carbocycles. The van der Waals surface area contributed by atoms with Gasteiger partial charge >= 0.3 is 0 Å². The number of rotatable bonds is 7. The minimum Gasteiger partial charge on any atom is -0.495 e. The van der Waals surface area contributed by atoms with Crippen LogP contribution in [-0.2, 0) is 4.79 Å². The van der Waals surface area contributed by atoms with Crippen molar-refractivity contribution in [2.24, 2.45) is 0 Å². The lowest BCUT2D eigenvalue weighted by Crippen LogP contribution is -2.10. The molecular formula is C30H31NO4. The van der Waals surface area contributed by atoms with Crippen molar-refractivity contribution in [3.8, 4) is 22.6 Å². The van der Waals surface area contributed by atoms with E-state index in [4.69, 9.17) is 13.9 Å². The smallest absolute Gasteiger partial charge is 0.248 e. The van der Waals surface area contributed by atoms with Gasteiger partial charge in [-0.05, 0) is 75.1 Å². The molecule has 0 atom stereocenters. The summed E-state index contributed by atoms with van der Waals surface area (Å²) >= 11 is 0. The molecule has 3 aromatic carbocycles. The number of amides is 1. The third-order valence-electron chi connectivity index (χ3n) is 6.03. The number of hydrogen-bond acceptors (Lipinski definition) is 4. The number of fused-ring (bicyclic) bond motifs is 1. The van der Waals surface area contributed by atoms with Crippen molar-refractivity contribution >= 4 is 28.1 Å². The summed E-state index contributed by atoms with van der Waals surface area (Å²) in [4.78, 5) is 12.9. The van der Waals surface area contributed by atoms with Gasteiger partial charge in [0.25, 0.3) is 0 Å². The Morgan fingerprint density at radius 1 is 0.971 bits per heavy atom. The Morgan fingerprint density at radius 3 is 2.43 bits per heavy atom. The summed E-state index contributed by atoms with van der Waals surface area (Å²) in [5.74, 6) is 1.05. The van der Waals surface area contributed by atoms with Crippen LogP contribution in [0.15, 0.2) is 65.3 Å². The zero-order valence-electron chi connectivity index (χ0n) is 21.1. The Morgan fingerprint density at radius 2 is 1.71 bits per heavy atom. The number of carbonyl (C=O) groups is 1. The van der Waals surface area contributed by atoms with Gasteiger partial charge < -0.3 is 19.2 Å². The molecule has 0 unspecified atom stereocenters. The van der Waals surface area contributed by atoms with E-state index in [0.717, 1.165) is 38.8 Å². The van der Waals surface area contributed by atoms with E-state index in [1.165, 1.54) is 11.1 Å². The molecule has 1 amide bonds. The van der Waals surface area contributed by atoms with Crippen LogP contribution in [-0.4, -0.2) is 19.6 Å². The van der Waals surface area contributed by atoms with E-state index in [1.807, 2.05) is 51.1 Å². The third kappa shape index (κ3) is 5.09. The van der Waals surface area contributed by atoms with Crippen molar-refractivity contribution in [1.82, 2.24) is 0 Å². The maximum atomic E-state index is 12.9. The number of aryl methyl sites for hydroxylation is 3. The van der Waals surface area contributed by atoms with Gasteiger partial charge in [0.15, 0.2) is 0 Å². The highest BCUT2D eigenvalue weighted by Crippen LogP contribution is 2.38. The molecule has 180 valence electrons. The second kappa shape index (κ2) is 10.1. The fraction of sp³-hybridized carbons (Fsp3) is 0.233. The molecule has 0 saturated carbocycles. The quantitative estimate of drug-likeness (QED) is 0.285.